The second-order valence-electron chi connectivity index (χ2n) is 18.1. The van der Waals surface area contributed by atoms with E-state index in [-0.39, 0.29) is 18.8 Å². The van der Waals surface area contributed by atoms with E-state index in [9.17, 15) is 108 Å². The quantitative estimate of drug-likeness (QED) is 0.0329. The normalized spacial score (nSPS) is 13.8. The summed E-state index contributed by atoms with van der Waals surface area (Å²) < 4.78 is 0. The van der Waals surface area contributed by atoms with Crippen LogP contribution < -0.4 is 48.3 Å². The van der Waals surface area contributed by atoms with Gasteiger partial charge in [-0.2, -0.15) is 0 Å². The molecule has 0 aliphatic rings. The van der Waals surface area contributed by atoms with E-state index in [2.05, 4.69) is 31.9 Å². The molecule has 436 valence electrons. The Balaban J connectivity index is 2.41. The van der Waals surface area contributed by atoms with Crippen LogP contribution in [0.15, 0.2) is 30.3 Å². The average Bonchev–Trinajstić information content (AvgIpc) is 3.46. The number of carbonyl (C=O) groups excluding carboxylic acids is 9. The van der Waals surface area contributed by atoms with Crippen molar-refractivity contribution in [3.8, 4) is 0 Å². The molecule has 0 heterocycles. The first-order valence-corrected chi connectivity index (χ1v) is 23.9. The van der Waals surface area contributed by atoms with Crippen molar-refractivity contribution >= 4 is 89.0 Å². The van der Waals surface area contributed by atoms with E-state index in [0.29, 0.717) is 5.56 Å². The molecule has 0 saturated carbocycles. The molecule has 0 unspecified atom stereocenters. The highest BCUT2D eigenvalue weighted by Gasteiger charge is 2.42. The maximum Gasteiger partial charge on any atom is 0.337 e. The maximum absolute atomic E-state index is 13.9. The molecule has 2 aromatic rings. The molecule has 8 atom stereocenters. The SMILES string of the molecule is CC[C@H](C)[C@H](NC(=O)[C@H](C)NC(=O)CNC(=O)[C@H](Cc1ccccc1)NC(=O)[C@H](CC(N)=O)NC(=O)c1c(C(=O)O)c(C(=O)O)c(C(=O)O)c(C(=O)O)c1C(=O)O)C(=O)N[C@@H](CC(C)C)C(=O)N[C@@H](CO)C(=O)N[C@@H](CO)C(=O)O. The molecule has 2 aromatic carbocycles. The zero-order chi connectivity index (χ0) is 61.0. The minimum Gasteiger partial charge on any atom is -0.480 e. The van der Waals surface area contributed by atoms with Gasteiger partial charge in [-0.1, -0.05) is 64.4 Å². The maximum atomic E-state index is 13.9. The second kappa shape index (κ2) is 30.4. The summed E-state index contributed by atoms with van der Waals surface area (Å²) in [5.74, 6) is -25.9. The predicted molar refractivity (Wildman–Crippen MR) is 267 cm³/mol. The number of primary amides is 1. The van der Waals surface area contributed by atoms with Crippen LogP contribution in [0.1, 0.15) is 122 Å². The van der Waals surface area contributed by atoms with Crippen molar-refractivity contribution in [1.82, 2.24) is 42.5 Å². The first-order valence-electron chi connectivity index (χ1n) is 23.9. The van der Waals surface area contributed by atoms with E-state index in [1.54, 1.807) is 39.1 Å². The van der Waals surface area contributed by atoms with E-state index >= 15 is 0 Å². The molecule has 80 heavy (non-hydrogen) atoms. The lowest BCUT2D eigenvalue weighted by molar-refractivity contribution is -0.143. The molecule has 2 rings (SSSR count). The average molecular weight is 1130 g/mol. The highest BCUT2D eigenvalue weighted by atomic mass is 16.4. The third kappa shape index (κ3) is 18.6. The summed E-state index contributed by atoms with van der Waals surface area (Å²) in [7, 11) is 0. The van der Waals surface area contributed by atoms with Crippen LogP contribution in [0.25, 0.3) is 0 Å². The first-order chi connectivity index (χ1) is 37.3. The number of aliphatic hydroxyl groups excluding tert-OH is 2. The van der Waals surface area contributed by atoms with Crippen LogP contribution in [0.4, 0.5) is 0 Å². The molecule has 32 nitrogen and oxygen atoms in total. The van der Waals surface area contributed by atoms with Crippen LogP contribution in [0.5, 0.6) is 0 Å². The van der Waals surface area contributed by atoms with Crippen LogP contribution >= 0.6 is 0 Å². The number of hydrogen-bond acceptors (Lipinski definition) is 17. The molecule has 32 heteroatoms. The first kappa shape index (κ1) is 66.5. The summed E-state index contributed by atoms with van der Waals surface area (Å²) in [6.07, 6.45) is -1.42. The smallest absolute Gasteiger partial charge is 0.337 e. The van der Waals surface area contributed by atoms with Crippen LogP contribution in [-0.4, -0.2) is 192 Å². The van der Waals surface area contributed by atoms with Gasteiger partial charge in [-0.15, -0.1) is 0 Å². The largest absolute Gasteiger partial charge is 0.480 e. The van der Waals surface area contributed by atoms with Crippen molar-refractivity contribution in [3.05, 3.63) is 69.3 Å². The molecule has 9 amide bonds. The van der Waals surface area contributed by atoms with Gasteiger partial charge in [-0.25, -0.2) is 28.8 Å². The lowest BCUT2D eigenvalue weighted by Gasteiger charge is -2.29. The van der Waals surface area contributed by atoms with Gasteiger partial charge in [-0.05, 0) is 30.7 Å². The number of aromatic carboxylic acids is 5. The van der Waals surface area contributed by atoms with Crippen LogP contribution in [-0.2, 0) is 49.6 Å². The van der Waals surface area contributed by atoms with Crippen molar-refractivity contribution in [2.24, 2.45) is 17.6 Å². The van der Waals surface area contributed by atoms with Gasteiger partial charge in [0, 0.05) is 6.42 Å². The predicted octanol–water partition coefficient (Wildman–Crippen LogP) is -4.40. The summed E-state index contributed by atoms with van der Waals surface area (Å²) in [5.41, 5.74) is -5.43. The Kier molecular flexibility index (Phi) is 25.3. The van der Waals surface area contributed by atoms with Gasteiger partial charge in [0.2, 0.25) is 47.3 Å². The number of benzene rings is 2. The number of amides is 9. The fraction of sp³-hybridized carbons (Fsp3) is 0.438. The van der Waals surface area contributed by atoms with Crippen LogP contribution in [0, 0.1) is 11.8 Å². The van der Waals surface area contributed by atoms with Gasteiger partial charge in [-0.3, -0.25) is 43.2 Å². The van der Waals surface area contributed by atoms with Crippen LogP contribution in [0.2, 0.25) is 0 Å². The Labute approximate surface area is 452 Å². The van der Waals surface area contributed by atoms with Crippen LogP contribution in [0.3, 0.4) is 0 Å². The van der Waals surface area contributed by atoms with E-state index in [1.807, 2.05) is 5.32 Å². The van der Waals surface area contributed by atoms with E-state index in [0.717, 1.165) is 0 Å². The number of carboxylic acids is 6. The fourth-order valence-electron chi connectivity index (χ4n) is 7.54. The van der Waals surface area contributed by atoms with Gasteiger partial charge >= 0.3 is 35.8 Å². The van der Waals surface area contributed by atoms with E-state index in [1.165, 1.54) is 31.2 Å². The number of aliphatic carboxylic acids is 1. The number of aliphatic hydroxyl groups is 2. The minimum atomic E-state index is -2.46. The van der Waals surface area contributed by atoms with Crippen molar-refractivity contribution in [2.75, 3.05) is 19.8 Å². The third-order valence-electron chi connectivity index (χ3n) is 11.7. The number of carbonyl (C=O) groups is 15. The van der Waals surface area contributed by atoms with Crippen molar-refractivity contribution in [3.63, 3.8) is 0 Å². The Morgan fingerprint density at radius 2 is 0.925 bits per heavy atom. The number of nitrogens with one attached hydrogen (secondary N) is 8. The third-order valence-corrected chi connectivity index (χ3v) is 11.7. The number of carboxylic acid groups (broad SMARTS) is 6. The molecule has 18 N–H and O–H groups in total. The Morgan fingerprint density at radius 3 is 1.36 bits per heavy atom. The Morgan fingerprint density at radius 1 is 0.487 bits per heavy atom. The van der Waals surface area contributed by atoms with Crippen molar-refractivity contribution in [1.29, 1.82) is 0 Å². The fourth-order valence-corrected chi connectivity index (χ4v) is 7.54. The molecule has 0 aliphatic heterocycles. The minimum absolute atomic E-state index is 0.0452. The lowest BCUT2D eigenvalue weighted by Crippen LogP contribution is -2.60. The molecule has 0 fully saturated rings. The summed E-state index contributed by atoms with van der Waals surface area (Å²) in [5, 5.41) is 95.2. The zero-order valence-electron chi connectivity index (χ0n) is 43.3. The molecule has 0 saturated heterocycles. The zero-order valence-corrected chi connectivity index (χ0v) is 43.3. The molecular weight excluding hydrogens is 1070 g/mol. The summed E-state index contributed by atoms with van der Waals surface area (Å²) in [6, 6.07) is -4.23. The Bertz CT molecular complexity index is 2720. The monoisotopic (exact) mass is 1130 g/mol. The van der Waals surface area contributed by atoms with Crippen molar-refractivity contribution < 1.29 is 113 Å². The molecular formula is C48H61N9O23. The summed E-state index contributed by atoms with van der Waals surface area (Å²) in [6.45, 7) is 4.85. The molecule has 0 bridgehead atoms. The lowest BCUT2D eigenvalue weighted by atomic mass is 9.85. The summed E-state index contributed by atoms with van der Waals surface area (Å²) in [4.78, 5) is 193. The highest BCUT2D eigenvalue weighted by molar-refractivity contribution is 6.24. The van der Waals surface area contributed by atoms with Gasteiger partial charge in [0.1, 0.15) is 42.3 Å². The molecule has 0 radical (unpaired) electrons. The van der Waals surface area contributed by atoms with Gasteiger partial charge < -0.3 is 89.1 Å². The molecule has 0 aliphatic carbocycles. The number of hydrogen-bond donors (Lipinski definition) is 17. The highest BCUT2D eigenvalue weighted by Crippen LogP contribution is 2.30. The molecule has 0 aromatic heterocycles. The summed E-state index contributed by atoms with van der Waals surface area (Å²) >= 11 is 0. The number of nitrogens with two attached hydrogens (primary N) is 1. The second-order valence-corrected chi connectivity index (χ2v) is 18.1. The van der Waals surface area contributed by atoms with Crippen molar-refractivity contribution in [2.45, 2.75) is 103 Å². The number of rotatable bonds is 32. The van der Waals surface area contributed by atoms with E-state index < -0.39 is 203 Å². The standard InChI is InChI=1S/C48H61N9O23/c1-6-19(4)35(42(68)54-22(12-18(2)3)38(64)55-25(16-58)40(66)56-26(17-59)43(69)70)57-36(62)20(5)51-28(61)15-50-37(63)23(13-21-10-8-7-9-11-21)52-39(65)24(14-27(49)60)53-41(67)29-30(44(71)72)32(46(75)76)34(48(79)80)33(47(77)78)31(29)45(73)74/h7-11,18-20,22-26,35,58-59H,6,12-17H2,1-5H3,(H2,49,60)(H,50,63)(H,51,61)(H,52,65)(H,53,67)(H,54,68)(H,55,64)(H,56,66)(H,57,62)(H,69,70)(H,71,72)(H,73,74)(H,75,76)(H,77,78)(H,79,80)/t19-,20-,22-,23-,24-,25-,26-,35-/m0/s1. The van der Waals surface area contributed by atoms with Gasteiger partial charge in [0.15, 0.2) is 0 Å². The van der Waals surface area contributed by atoms with Gasteiger partial charge in [0.05, 0.1) is 59.6 Å². The molecule has 0 spiro atoms. The topological polar surface area (TPSA) is 540 Å². The Hall–Kier alpha value is -9.59. The van der Waals surface area contributed by atoms with E-state index in [4.69, 9.17) is 10.8 Å². The van der Waals surface area contributed by atoms with Gasteiger partial charge in [0.25, 0.3) is 5.91 Å².